The van der Waals surface area contributed by atoms with Gasteiger partial charge in [0.25, 0.3) is 0 Å². The highest BCUT2D eigenvalue weighted by Crippen LogP contribution is 2.49. The number of methoxy groups -OCH3 is 1. The molecule has 2 aromatic rings. The summed E-state index contributed by atoms with van der Waals surface area (Å²) in [7, 11) is 1.70. The van der Waals surface area contributed by atoms with Crippen LogP contribution in [-0.2, 0) is 10.2 Å². The number of ether oxygens (including phenoxy) is 2. The first-order chi connectivity index (χ1) is 12.4. The summed E-state index contributed by atoms with van der Waals surface area (Å²) < 4.78 is 10.6. The molecule has 140 valence electrons. The molecular weight excluding hydrogens is 324 g/mol. The van der Waals surface area contributed by atoms with Crippen LogP contribution < -0.4 is 9.47 Å². The summed E-state index contributed by atoms with van der Waals surface area (Å²) in [5.41, 5.74) is 2.60. The molecule has 0 saturated heterocycles. The molecule has 1 saturated carbocycles. The van der Waals surface area contributed by atoms with Crippen LogP contribution in [0.4, 0.5) is 0 Å². The Morgan fingerprint density at radius 1 is 0.923 bits per heavy atom. The van der Waals surface area contributed by atoms with Crippen LogP contribution in [0.1, 0.15) is 52.6 Å². The van der Waals surface area contributed by atoms with Gasteiger partial charge in [0.1, 0.15) is 11.5 Å². The minimum absolute atomic E-state index is 0. The summed E-state index contributed by atoms with van der Waals surface area (Å²) in [6.45, 7) is 6.12. The lowest BCUT2D eigenvalue weighted by atomic mass is 9.60. The highest BCUT2D eigenvalue weighted by atomic mass is 16.5. The minimum atomic E-state index is -0.289. The second-order valence-corrected chi connectivity index (χ2v) is 7.78. The van der Waals surface area contributed by atoms with Crippen molar-refractivity contribution >= 4 is 5.97 Å². The third-order valence-electron chi connectivity index (χ3n) is 5.51. The van der Waals surface area contributed by atoms with E-state index >= 15 is 0 Å². The molecule has 3 heteroatoms. The van der Waals surface area contributed by atoms with E-state index < -0.39 is 0 Å². The second-order valence-electron chi connectivity index (χ2n) is 7.78. The Kier molecular flexibility index (Phi) is 5.36. The summed E-state index contributed by atoms with van der Waals surface area (Å²) in [4.78, 5) is 11.2. The number of carbonyl (C=O) groups is 1. The molecule has 0 N–H and O–H groups in total. The highest BCUT2D eigenvalue weighted by molar-refractivity contribution is 5.69. The van der Waals surface area contributed by atoms with Gasteiger partial charge in [-0.05, 0) is 66.5 Å². The van der Waals surface area contributed by atoms with Crippen molar-refractivity contribution in [3.8, 4) is 11.5 Å². The molecular formula is C23H30O3. The van der Waals surface area contributed by atoms with Gasteiger partial charge in [-0.3, -0.25) is 4.79 Å². The predicted molar refractivity (Wildman–Crippen MR) is 106 cm³/mol. The third-order valence-corrected chi connectivity index (χ3v) is 5.51. The van der Waals surface area contributed by atoms with Gasteiger partial charge in [-0.1, -0.05) is 38.1 Å². The van der Waals surface area contributed by atoms with Gasteiger partial charge in [0.15, 0.2) is 0 Å². The molecule has 1 aliphatic carbocycles. The molecule has 3 rings (SSSR count). The van der Waals surface area contributed by atoms with Gasteiger partial charge >= 0.3 is 5.97 Å². The fourth-order valence-corrected chi connectivity index (χ4v) is 4.68. The molecule has 2 atom stereocenters. The number of esters is 1. The summed E-state index contributed by atoms with van der Waals surface area (Å²) in [5, 5.41) is 0. The van der Waals surface area contributed by atoms with Crippen molar-refractivity contribution in [2.45, 2.75) is 45.4 Å². The molecule has 3 nitrogen and oxygen atoms in total. The maximum atomic E-state index is 11.2. The van der Waals surface area contributed by atoms with E-state index in [9.17, 15) is 4.79 Å². The zero-order valence-corrected chi connectivity index (χ0v) is 16.1. The standard InChI is InChI=1S/C23H28O3.H2/c1-16-13-17(2)15-23(14-16,19-5-9-21(25-4)10-6-19)20-7-11-22(12-8-20)26-18(3)24;/h5-12,16-17H,13-15H2,1-4H3;1H. The van der Waals surface area contributed by atoms with Crippen molar-refractivity contribution in [3.63, 3.8) is 0 Å². The zero-order valence-electron chi connectivity index (χ0n) is 16.1. The first-order valence-corrected chi connectivity index (χ1v) is 9.36. The number of rotatable bonds is 4. The fourth-order valence-electron chi connectivity index (χ4n) is 4.68. The summed E-state index contributed by atoms with van der Waals surface area (Å²) in [6, 6.07) is 16.5. The van der Waals surface area contributed by atoms with Gasteiger partial charge in [0.05, 0.1) is 7.11 Å². The van der Waals surface area contributed by atoms with Crippen LogP contribution >= 0.6 is 0 Å². The maximum absolute atomic E-state index is 11.2. The van der Waals surface area contributed by atoms with Gasteiger partial charge < -0.3 is 9.47 Å². The van der Waals surface area contributed by atoms with Gasteiger partial charge in [0, 0.05) is 13.8 Å². The third kappa shape index (κ3) is 3.77. The highest BCUT2D eigenvalue weighted by Gasteiger charge is 2.40. The molecule has 0 aliphatic heterocycles. The average Bonchev–Trinajstić information content (AvgIpc) is 2.61. The molecule has 26 heavy (non-hydrogen) atoms. The summed E-state index contributed by atoms with van der Waals surface area (Å²) >= 11 is 0. The van der Waals surface area contributed by atoms with Crippen molar-refractivity contribution in [2.75, 3.05) is 7.11 Å². The smallest absolute Gasteiger partial charge is 0.308 e. The van der Waals surface area contributed by atoms with E-state index in [1.165, 1.54) is 24.5 Å². The Morgan fingerprint density at radius 3 is 1.81 bits per heavy atom. The van der Waals surface area contributed by atoms with E-state index in [0.29, 0.717) is 17.6 Å². The molecule has 0 amide bonds. The lowest BCUT2D eigenvalue weighted by molar-refractivity contribution is -0.131. The molecule has 0 radical (unpaired) electrons. The molecule has 2 aromatic carbocycles. The summed E-state index contributed by atoms with van der Waals surface area (Å²) in [6.07, 6.45) is 3.51. The lowest BCUT2D eigenvalue weighted by Crippen LogP contribution is -2.36. The van der Waals surface area contributed by atoms with E-state index in [4.69, 9.17) is 9.47 Å². The molecule has 1 aliphatic rings. The maximum Gasteiger partial charge on any atom is 0.308 e. The topological polar surface area (TPSA) is 35.5 Å². The fraction of sp³-hybridized carbons (Fsp3) is 0.435. The summed E-state index contributed by atoms with van der Waals surface area (Å²) in [5.74, 6) is 2.51. The van der Waals surface area contributed by atoms with Crippen molar-refractivity contribution in [3.05, 3.63) is 59.7 Å². The van der Waals surface area contributed by atoms with E-state index in [1.807, 2.05) is 24.3 Å². The molecule has 0 spiro atoms. The minimum Gasteiger partial charge on any atom is -0.497 e. The quantitative estimate of drug-likeness (QED) is 0.529. The van der Waals surface area contributed by atoms with E-state index in [-0.39, 0.29) is 12.8 Å². The Bertz CT molecular complexity index is 742. The van der Waals surface area contributed by atoms with E-state index in [1.54, 1.807) is 7.11 Å². The van der Waals surface area contributed by atoms with Gasteiger partial charge in [0.2, 0.25) is 0 Å². The van der Waals surface area contributed by atoms with E-state index in [2.05, 4.69) is 38.1 Å². The Hall–Kier alpha value is -2.29. The number of benzene rings is 2. The number of hydrogen-bond acceptors (Lipinski definition) is 3. The van der Waals surface area contributed by atoms with Gasteiger partial charge in [-0.15, -0.1) is 0 Å². The van der Waals surface area contributed by atoms with Gasteiger partial charge in [-0.2, -0.15) is 0 Å². The van der Waals surface area contributed by atoms with Crippen LogP contribution in [-0.4, -0.2) is 13.1 Å². The first-order valence-electron chi connectivity index (χ1n) is 9.36. The molecule has 0 heterocycles. The van der Waals surface area contributed by atoms with Crippen LogP contribution in [0.15, 0.2) is 48.5 Å². The zero-order chi connectivity index (χ0) is 18.7. The van der Waals surface area contributed by atoms with Crippen molar-refractivity contribution in [1.82, 2.24) is 0 Å². The van der Waals surface area contributed by atoms with E-state index in [0.717, 1.165) is 18.6 Å². The van der Waals surface area contributed by atoms with Crippen molar-refractivity contribution in [1.29, 1.82) is 0 Å². The number of carbonyl (C=O) groups excluding carboxylic acids is 1. The molecule has 2 unspecified atom stereocenters. The van der Waals surface area contributed by atoms with Gasteiger partial charge in [-0.25, -0.2) is 0 Å². The largest absolute Gasteiger partial charge is 0.497 e. The normalized spacial score (nSPS) is 25.5. The Labute approximate surface area is 157 Å². The average molecular weight is 354 g/mol. The first kappa shape index (κ1) is 18.5. The van der Waals surface area contributed by atoms with Crippen LogP contribution in [0.2, 0.25) is 0 Å². The van der Waals surface area contributed by atoms with Crippen molar-refractivity contribution < 1.29 is 15.7 Å². The molecule has 0 bridgehead atoms. The Morgan fingerprint density at radius 2 is 1.38 bits per heavy atom. The second kappa shape index (κ2) is 7.53. The van der Waals surface area contributed by atoms with Crippen LogP contribution in [0.3, 0.4) is 0 Å². The lowest BCUT2D eigenvalue weighted by Gasteiger charge is -2.44. The predicted octanol–water partition coefficient (Wildman–Crippen LogP) is 5.61. The monoisotopic (exact) mass is 354 g/mol. The van der Waals surface area contributed by atoms with Crippen LogP contribution in [0.5, 0.6) is 11.5 Å². The van der Waals surface area contributed by atoms with Crippen LogP contribution in [0.25, 0.3) is 0 Å². The molecule has 1 fully saturated rings. The van der Waals surface area contributed by atoms with Crippen molar-refractivity contribution in [2.24, 2.45) is 11.8 Å². The Balaban J connectivity index is 0.00000261. The SMILES string of the molecule is COc1ccc(C2(c3ccc(OC(C)=O)cc3)CC(C)CC(C)C2)cc1.[HH]. The number of hydrogen-bond donors (Lipinski definition) is 0. The molecule has 0 aromatic heterocycles. The van der Waals surface area contributed by atoms with Crippen LogP contribution in [0, 0.1) is 11.8 Å².